The Kier molecular flexibility index (Phi) is 5.58. The zero-order valence-electron chi connectivity index (χ0n) is 14.4. The first-order valence-electron chi connectivity index (χ1n) is 7.70. The molecule has 2 aromatic carbocycles. The summed E-state index contributed by atoms with van der Waals surface area (Å²) in [5.41, 5.74) is 6.83. The lowest BCUT2D eigenvalue weighted by atomic mass is 10.1. The third kappa shape index (κ3) is 4.59. The SMILES string of the molecule is C/C(=N\NC(=O)COc1ccc(C)c(C)c1)c1cc(C)ccc1O. The van der Waals surface area contributed by atoms with Gasteiger partial charge in [0.25, 0.3) is 5.91 Å². The summed E-state index contributed by atoms with van der Waals surface area (Å²) in [4.78, 5) is 11.9. The third-order valence-corrected chi connectivity index (χ3v) is 3.74. The van der Waals surface area contributed by atoms with E-state index in [1.807, 2.05) is 51.1 Å². The Hall–Kier alpha value is -2.82. The largest absolute Gasteiger partial charge is 0.507 e. The molecule has 0 atom stereocenters. The van der Waals surface area contributed by atoms with Crippen molar-refractivity contribution in [3.05, 3.63) is 58.7 Å². The minimum absolute atomic E-state index is 0.126. The predicted octanol–water partition coefficient (Wildman–Crippen LogP) is 3.24. The highest BCUT2D eigenvalue weighted by Crippen LogP contribution is 2.19. The number of aromatic hydroxyl groups is 1. The van der Waals surface area contributed by atoms with Gasteiger partial charge in [-0.05, 0) is 63.1 Å². The van der Waals surface area contributed by atoms with E-state index in [1.165, 1.54) is 5.56 Å². The molecule has 0 unspecified atom stereocenters. The van der Waals surface area contributed by atoms with Crippen molar-refractivity contribution in [1.82, 2.24) is 5.43 Å². The molecule has 1 amide bonds. The van der Waals surface area contributed by atoms with Crippen LogP contribution in [0.15, 0.2) is 41.5 Å². The molecule has 5 nitrogen and oxygen atoms in total. The number of phenolic OH excluding ortho intramolecular Hbond substituents is 1. The maximum Gasteiger partial charge on any atom is 0.277 e. The van der Waals surface area contributed by atoms with Crippen LogP contribution in [0.2, 0.25) is 0 Å². The van der Waals surface area contributed by atoms with E-state index in [1.54, 1.807) is 13.0 Å². The summed E-state index contributed by atoms with van der Waals surface area (Å²) in [7, 11) is 0. The molecule has 0 radical (unpaired) electrons. The van der Waals surface area contributed by atoms with Crippen molar-refractivity contribution in [2.45, 2.75) is 27.7 Å². The number of benzene rings is 2. The van der Waals surface area contributed by atoms with Gasteiger partial charge in [-0.1, -0.05) is 17.7 Å². The standard InChI is InChI=1S/C19H22N2O3/c1-12-5-8-18(22)17(9-12)15(4)20-21-19(23)11-24-16-7-6-13(2)14(3)10-16/h5-10,22H,11H2,1-4H3,(H,21,23)/b20-15+. The number of ether oxygens (including phenoxy) is 1. The van der Waals surface area contributed by atoms with Crippen LogP contribution < -0.4 is 10.2 Å². The third-order valence-electron chi connectivity index (χ3n) is 3.74. The van der Waals surface area contributed by atoms with Gasteiger partial charge in [-0.25, -0.2) is 5.43 Å². The fourth-order valence-electron chi connectivity index (χ4n) is 2.13. The van der Waals surface area contributed by atoms with Gasteiger partial charge in [0, 0.05) is 5.56 Å². The van der Waals surface area contributed by atoms with Crippen molar-refractivity contribution in [1.29, 1.82) is 0 Å². The molecule has 2 rings (SSSR count). The van der Waals surface area contributed by atoms with Gasteiger partial charge in [-0.15, -0.1) is 0 Å². The van der Waals surface area contributed by atoms with Gasteiger partial charge < -0.3 is 9.84 Å². The van der Waals surface area contributed by atoms with Gasteiger partial charge in [-0.2, -0.15) is 5.10 Å². The predicted molar refractivity (Wildman–Crippen MR) is 94.6 cm³/mol. The number of aryl methyl sites for hydroxylation is 3. The van der Waals surface area contributed by atoms with Crippen LogP contribution in [0.1, 0.15) is 29.2 Å². The molecule has 0 bridgehead atoms. The van der Waals surface area contributed by atoms with E-state index in [9.17, 15) is 9.90 Å². The fourth-order valence-corrected chi connectivity index (χ4v) is 2.13. The topological polar surface area (TPSA) is 70.9 Å². The second-order valence-corrected chi connectivity index (χ2v) is 5.79. The number of hydrogen-bond acceptors (Lipinski definition) is 4. The maximum absolute atomic E-state index is 11.9. The van der Waals surface area contributed by atoms with E-state index in [0.29, 0.717) is 17.0 Å². The zero-order chi connectivity index (χ0) is 17.7. The van der Waals surface area contributed by atoms with Crippen molar-refractivity contribution < 1.29 is 14.6 Å². The molecular weight excluding hydrogens is 304 g/mol. The van der Waals surface area contributed by atoms with Gasteiger partial charge >= 0.3 is 0 Å². The number of phenols is 1. The van der Waals surface area contributed by atoms with Gasteiger partial charge in [0.1, 0.15) is 11.5 Å². The van der Waals surface area contributed by atoms with Crippen LogP contribution in [0.5, 0.6) is 11.5 Å². The Morgan fingerprint density at radius 2 is 1.88 bits per heavy atom. The summed E-state index contributed by atoms with van der Waals surface area (Å²) >= 11 is 0. The number of carbonyl (C=O) groups excluding carboxylic acids is 1. The molecule has 0 aliphatic rings. The normalized spacial score (nSPS) is 11.2. The lowest BCUT2D eigenvalue weighted by molar-refractivity contribution is -0.123. The summed E-state index contributed by atoms with van der Waals surface area (Å²) in [5, 5.41) is 13.9. The number of carbonyl (C=O) groups is 1. The number of nitrogens with one attached hydrogen (secondary N) is 1. The molecule has 0 heterocycles. The second kappa shape index (κ2) is 7.64. The lowest BCUT2D eigenvalue weighted by Crippen LogP contribution is -2.25. The number of nitrogens with zero attached hydrogens (tertiary/aromatic N) is 1. The van der Waals surface area contributed by atoms with Crippen molar-refractivity contribution in [3.8, 4) is 11.5 Å². The summed E-state index contributed by atoms with van der Waals surface area (Å²) in [6, 6.07) is 10.9. The first kappa shape index (κ1) is 17.5. The Morgan fingerprint density at radius 1 is 1.12 bits per heavy atom. The quantitative estimate of drug-likeness (QED) is 0.654. The summed E-state index contributed by atoms with van der Waals surface area (Å²) < 4.78 is 5.45. The Bertz CT molecular complexity index is 782. The van der Waals surface area contributed by atoms with E-state index in [2.05, 4.69) is 10.5 Å². The second-order valence-electron chi connectivity index (χ2n) is 5.79. The Morgan fingerprint density at radius 3 is 2.58 bits per heavy atom. The number of rotatable bonds is 5. The number of amides is 1. The Labute approximate surface area is 142 Å². The van der Waals surface area contributed by atoms with E-state index in [4.69, 9.17) is 4.74 Å². The van der Waals surface area contributed by atoms with Gasteiger partial charge in [0.15, 0.2) is 6.61 Å². The highest BCUT2D eigenvalue weighted by Gasteiger charge is 2.07. The molecule has 2 N–H and O–H groups in total. The summed E-state index contributed by atoms with van der Waals surface area (Å²) in [6.07, 6.45) is 0. The molecular formula is C19H22N2O3. The molecule has 2 aromatic rings. The molecule has 0 aliphatic heterocycles. The highest BCUT2D eigenvalue weighted by atomic mass is 16.5. The Balaban J connectivity index is 1.94. The maximum atomic E-state index is 11.9. The average molecular weight is 326 g/mol. The van der Waals surface area contributed by atoms with E-state index >= 15 is 0 Å². The molecule has 0 aromatic heterocycles. The first-order chi connectivity index (χ1) is 11.4. The van der Waals surface area contributed by atoms with Crippen LogP contribution in [-0.4, -0.2) is 23.3 Å². The van der Waals surface area contributed by atoms with Crippen LogP contribution >= 0.6 is 0 Å². The molecule has 24 heavy (non-hydrogen) atoms. The smallest absolute Gasteiger partial charge is 0.277 e. The molecule has 0 aliphatic carbocycles. The summed E-state index contributed by atoms with van der Waals surface area (Å²) in [6.45, 7) is 7.53. The molecule has 0 fully saturated rings. The molecule has 0 saturated heterocycles. The monoisotopic (exact) mass is 326 g/mol. The van der Waals surface area contributed by atoms with Crippen LogP contribution in [0.3, 0.4) is 0 Å². The van der Waals surface area contributed by atoms with E-state index in [-0.39, 0.29) is 18.3 Å². The van der Waals surface area contributed by atoms with Gasteiger partial charge in [0.05, 0.1) is 5.71 Å². The number of hydrazone groups is 1. The molecule has 5 heteroatoms. The van der Waals surface area contributed by atoms with Crippen LogP contribution in [0, 0.1) is 20.8 Å². The molecule has 0 spiro atoms. The van der Waals surface area contributed by atoms with Crippen molar-refractivity contribution in [3.63, 3.8) is 0 Å². The minimum Gasteiger partial charge on any atom is -0.507 e. The van der Waals surface area contributed by atoms with Crippen molar-refractivity contribution in [2.75, 3.05) is 6.61 Å². The van der Waals surface area contributed by atoms with Crippen LogP contribution in [-0.2, 0) is 4.79 Å². The number of hydrogen-bond donors (Lipinski definition) is 2. The average Bonchev–Trinajstić information content (AvgIpc) is 2.56. The lowest BCUT2D eigenvalue weighted by Gasteiger charge is -2.08. The van der Waals surface area contributed by atoms with Gasteiger partial charge in [-0.3, -0.25) is 4.79 Å². The fraction of sp³-hybridized carbons (Fsp3) is 0.263. The first-order valence-corrected chi connectivity index (χ1v) is 7.70. The zero-order valence-corrected chi connectivity index (χ0v) is 14.4. The summed E-state index contributed by atoms with van der Waals surface area (Å²) in [5.74, 6) is 0.410. The van der Waals surface area contributed by atoms with Crippen LogP contribution in [0.4, 0.5) is 0 Å². The van der Waals surface area contributed by atoms with E-state index in [0.717, 1.165) is 11.1 Å². The van der Waals surface area contributed by atoms with Gasteiger partial charge in [0.2, 0.25) is 0 Å². The highest BCUT2D eigenvalue weighted by molar-refractivity contribution is 6.01. The van der Waals surface area contributed by atoms with Crippen LogP contribution in [0.25, 0.3) is 0 Å². The van der Waals surface area contributed by atoms with Crippen molar-refractivity contribution >= 4 is 11.6 Å². The van der Waals surface area contributed by atoms with Crippen molar-refractivity contribution in [2.24, 2.45) is 5.10 Å². The molecule has 126 valence electrons. The van der Waals surface area contributed by atoms with E-state index < -0.39 is 0 Å². The molecule has 0 saturated carbocycles. The minimum atomic E-state index is -0.361.